The standard InChI is InChI=1S/C11H9Br2N3O3S/c12-8-4-7(20(14,17)18)5-9(13)11(8)19-6-10-15-2-1-3-16-10/h1-5H,6H2,(H2,14,17,18). The van der Waals surface area contributed by atoms with E-state index < -0.39 is 10.0 Å². The molecule has 0 aliphatic rings. The first kappa shape index (κ1) is 15.4. The third-order valence-corrected chi connectivity index (χ3v) is 4.34. The molecule has 2 N–H and O–H groups in total. The number of hydrogen-bond donors (Lipinski definition) is 1. The zero-order chi connectivity index (χ0) is 14.8. The summed E-state index contributed by atoms with van der Waals surface area (Å²) >= 11 is 6.50. The molecule has 106 valence electrons. The molecule has 0 unspecified atom stereocenters. The van der Waals surface area contributed by atoms with Gasteiger partial charge in [0.15, 0.2) is 5.82 Å². The maximum Gasteiger partial charge on any atom is 0.238 e. The molecule has 2 aromatic rings. The highest BCUT2D eigenvalue weighted by molar-refractivity contribution is 9.11. The second kappa shape index (κ2) is 6.17. The molecule has 1 aromatic carbocycles. The third kappa shape index (κ3) is 3.75. The van der Waals surface area contributed by atoms with Crippen LogP contribution in [0.3, 0.4) is 0 Å². The van der Waals surface area contributed by atoms with Crippen LogP contribution in [0.25, 0.3) is 0 Å². The van der Waals surface area contributed by atoms with Crippen molar-refractivity contribution in [3.05, 3.63) is 45.4 Å². The molecule has 0 radical (unpaired) electrons. The predicted octanol–water partition coefficient (Wildman–Crippen LogP) is 2.23. The quantitative estimate of drug-likeness (QED) is 0.814. The van der Waals surface area contributed by atoms with Gasteiger partial charge in [-0.1, -0.05) is 0 Å². The smallest absolute Gasteiger partial charge is 0.238 e. The van der Waals surface area contributed by atoms with Crippen LogP contribution in [0.1, 0.15) is 5.82 Å². The summed E-state index contributed by atoms with van der Waals surface area (Å²) in [6.07, 6.45) is 3.22. The summed E-state index contributed by atoms with van der Waals surface area (Å²) in [6.45, 7) is 0.159. The van der Waals surface area contributed by atoms with Crippen LogP contribution < -0.4 is 9.88 Å². The van der Waals surface area contributed by atoms with E-state index in [0.29, 0.717) is 20.5 Å². The van der Waals surface area contributed by atoms with Gasteiger partial charge >= 0.3 is 0 Å². The number of hydrogen-bond acceptors (Lipinski definition) is 5. The van der Waals surface area contributed by atoms with Crippen LogP contribution in [-0.2, 0) is 16.6 Å². The van der Waals surface area contributed by atoms with Gasteiger partial charge < -0.3 is 4.74 Å². The lowest BCUT2D eigenvalue weighted by Crippen LogP contribution is -2.12. The van der Waals surface area contributed by atoms with Crippen LogP contribution in [0.4, 0.5) is 0 Å². The van der Waals surface area contributed by atoms with Crippen molar-refractivity contribution in [3.63, 3.8) is 0 Å². The van der Waals surface area contributed by atoms with Gasteiger partial charge in [-0.3, -0.25) is 0 Å². The van der Waals surface area contributed by atoms with E-state index in [9.17, 15) is 8.42 Å². The van der Waals surface area contributed by atoms with Crippen LogP contribution in [0, 0.1) is 0 Å². The van der Waals surface area contributed by atoms with Crippen LogP contribution in [0.5, 0.6) is 5.75 Å². The molecule has 1 aromatic heterocycles. The first-order chi connectivity index (χ1) is 9.38. The maximum absolute atomic E-state index is 11.3. The predicted molar refractivity (Wildman–Crippen MR) is 79.6 cm³/mol. The number of rotatable bonds is 4. The monoisotopic (exact) mass is 421 g/mol. The highest BCUT2D eigenvalue weighted by atomic mass is 79.9. The normalized spacial score (nSPS) is 11.3. The van der Waals surface area contributed by atoms with Gasteiger partial charge in [0.25, 0.3) is 0 Å². The first-order valence-corrected chi connectivity index (χ1v) is 8.41. The lowest BCUT2D eigenvalue weighted by atomic mass is 10.3. The lowest BCUT2D eigenvalue weighted by molar-refractivity contribution is 0.291. The number of aromatic nitrogens is 2. The molecular weight excluding hydrogens is 414 g/mol. The van der Waals surface area contributed by atoms with Crippen molar-refractivity contribution < 1.29 is 13.2 Å². The van der Waals surface area contributed by atoms with Crippen molar-refractivity contribution in [2.75, 3.05) is 0 Å². The molecule has 2 rings (SSSR count). The van der Waals surface area contributed by atoms with Gasteiger partial charge in [0.2, 0.25) is 10.0 Å². The first-order valence-electron chi connectivity index (χ1n) is 5.28. The second-order valence-electron chi connectivity index (χ2n) is 3.71. The van der Waals surface area contributed by atoms with Crippen molar-refractivity contribution >= 4 is 41.9 Å². The topological polar surface area (TPSA) is 95.2 Å². The molecule has 6 nitrogen and oxygen atoms in total. The van der Waals surface area contributed by atoms with Gasteiger partial charge in [-0.15, -0.1) is 0 Å². The Balaban J connectivity index is 2.25. The maximum atomic E-state index is 11.3. The Hall–Kier alpha value is -1.03. The lowest BCUT2D eigenvalue weighted by Gasteiger charge is -2.11. The molecular formula is C11H9Br2N3O3S. The Morgan fingerprint density at radius 2 is 1.70 bits per heavy atom. The van der Waals surface area contributed by atoms with E-state index in [1.165, 1.54) is 12.1 Å². The van der Waals surface area contributed by atoms with Crippen LogP contribution in [0.2, 0.25) is 0 Å². The third-order valence-electron chi connectivity index (χ3n) is 2.27. The van der Waals surface area contributed by atoms with E-state index in [4.69, 9.17) is 9.88 Å². The largest absolute Gasteiger partial charge is 0.483 e. The highest BCUT2D eigenvalue weighted by Gasteiger charge is 2.15. The zero-order valence-electron chi connectivity index (χ0n) is 9.95. The van der Waals surface area contributed by atoms with E-state index in [2.05, 4.69) is 41.8 Å². The number of nitrogens with two attached hydrogens (primary N) is 1. The number of halogens is 2. The molecule has 0 saturated heterocycles. The van der Waals surface area contributed by atoms with Gasteiger partial charge in [-0.05, 0) is 50.1 Å². The van der Waals surface area contributed by atoms with E-state index in [-0.39, 0.29) is 11.5 Å². The summed E-state index contributed by atoms with van der Waals surface area (Å²) < 4.78 is 29.1. The molecule has 0 spiro atoms. The minimum atomic E-state index is -3.77. The Labute approximate surface area is 132 Å². The van der Waals surface area contributed by atoms with Gasteiger partial charge in [-0.25, -0.2) is 23.5 Å². The van der Waals surface area contributed by atoms with Crippen molar-refractivity contribution in [3.8, 4) is 5.75 Å². The number of primary sulfonamides is 1. The van der Waals surface area contributed by atoms with E-state index >= 15 is 0 Å². The fourth-order valence-corrected chi connectivity index (χ4v) is 3.66. The van der Waals surface area contributed by atoms with Crippen LogP contribution in [-0.4, -0.2) is 18.4 Å². The Morgan fingerprint density at radius 1 is 1.15 bits per heavy atom. The van der Waals surface area contributed by atoms with Gasteiger partial charge in [-0.2, -0.15) is 0 Å². The Kier molecular flexibility index (Phi) is 4.74. The van der Waals surface area contributed by atoms with Gasteiger partial charge in [0, 0.05) is 12.4 Å². The van der Waals surface area contributed by atoms with Crippen molar-refractivity contribution in [1.82, 2.24) is 9.97 Å². The SMILES string of the molecule is NS(=O)(=O)c1cc(Br)c(OCc2ncccn2)c(Br)c1. The summed E-state index contributed by atoms with van der Waals surface area (Å²) in [7, 11) is -3.77. The van der Waals surface area contributed by atoms with Gasteiger partial charge in [0.05, 0.1) is 13.8 Å². The summed E-state index contributed by atoms with van der Waals surface area (Å²) in [4.78, 5) is 8.04. The Morgan fingerprint density at radius 3 is 2.20 bits per heavy atom. The Bertz CT molecular complexity index is 700. The minimum Gasteiger partial charge on any atom is -0.483 e. The number of benzene rings is 1. The fourth-order valence-electron chi connectivity index (χ4n) is 1.38. The number of nitrogens with zero attached hydrogens (tertiary/aromatic N) is 2. The molecule has 20 heavy (non-hydrogen) atoms. The van der Waals surface area contributed by atoms with E-state index in [1.807, 2.05) is 0 Å². The molecule has 0 bridgehead atoms. The molecule has 0 atom stereocenters. The number of sulfonamides is 1. The summed E-state index contributed by atoms with van der Waals surface area (Å²) in [5.41, 5.74) is 0. The minimum absolute atomic E-state index is 0.0143. The summed E-state index contributed by atoms with van der Waals surface area (Å²) in [6, 6.07) is 4.46. The summed E-state index contributed by atoms with van der Waals surface area (Å²) in [5, 5.41) is 5.08. The van der Waals surface area contributed by atoms with Crippen LogP contribution >= 0.6 is 31.9 Å². The van der Waals surface area contributed by atoms with Crippen LogP contribution in [0.15, 0.2) is 44.4 Å². The molecule has 0 aliphatic carbocycles. The molecule has 0 amide bonds. The molecule has 1 heterocycles. The molecule has 0 saturated carbocycles. The van der Waals surface area contributed by atoms with Gasteiger partial charge in [0.1, 0.15) is 12.4 Å². The van der Waals surface area contributed by atoms with Crippen molar-refractivity contribution in [1.29, 1.82) is 0 Å². The number of ether oxygens (including phenoxy) is 1. The molecule has 9 heteroatoms. The average molecular weight is 423 g/mol. The second-order valence-corrected chi connectivity index (χ2v) is 6.98. The van der Waals surface area contributed by atoms with Crippen molar-refractivity contribution in [2.45, 2.75) is 11.5 Å². The van der Waals surface area contributed by atoms with E-state index in [1.54, 1.807) is 18.5 Å². The van der Waals surface area contributed by atoms with E-state index in [0.717, 1.165) is 0 Å². The highest BCUT2D eigenvalue weighted by Crippen LogP contribution is 2.36. The fraction of sp³-hybridized carbons (Fsp3) is 0.0909. The molecule has 0 fully saturated rings. The average Bonchev–Trinajstić information content (AvgIpc) is 2.37. The zero-order valence-corrected chi connectivity index (χ0v) is 13.9. The molecule has 0 aliphatic heterocycles. The van der Waals surface area contributed by atoms with Crippen molar-refractivity contribution in [2.24, 2.45) is 5.14 Å². The summed E-state index contributed by atoms with van der Waals surface area (Å²) in [5.74, 6) is 0.965.